The Morgan fingerprint density at radius 2 is 1.87 bits per heavy atom. The number of hydrogen-bond donors (Lipinski definition) is 7. The monoisotopic (exact) mass is 457 g/mol. The minimum absolute atomic E-state index is 0.255. The van der Waals surface area contributed by atoms with E-state index in [-0.39, 0.29) is 18.3 Å². The second-order valence-electron chi connectivity index (χ2n) is 6.80. The first-order valence-electron chi connectivity index (χ1n) is 9.61. The van der Waals surface area contributed by atoms with Crippen molar-refractivity contribution in [2.45, 2.75) is 50.0 Å². The first-order valence-corrected chi connectivity index (χ1v) is 10.7. The summed E-state index contributed by atoms with van der Waals surface area (Å²) >= 11 is -2.34. The lowest BCUT2D eigenvalue weighted by molar-refractivity contribution is -0.270. The molecule has 0 radical (unpaired) electrons. The number of rotatable bonds is 10. The number of carbonyl (C=O) groups is 1. The number of hydrogen-bond acceptors (Lipinski definition) is 7. The van der Waals surface area contributed by atoms with Crippen LogP contribution in [0.2, 0.25) is 0 Å². The standard InChI is InChI=1S/C19H27N3O8S/c1-2-3-4-5-10-20-19(26)22-12-6-8-13(9-7-12)29-18-17(25)16(24)15(23)14(30-18)11-21-31(27)28/h1,6-9,14-18,21,23-25H,3-5,10-11H2,(H,27,28)(H2,20,22,26)/t14-,15-,16+,17+,18?/m1/s1. The Morgan fingerprint density at radius 3 is 2.52 bits per heavy atom. The van der Waals surface area contributed by atoms with Gasteiger partial charge >= 0.3 is 6.03 Å². The van der Waals surface area contributed by atoms with Gasteiger partial charge in [0.05, 0.1) is 0 Å². The van der Waals surface area contributed by atoms with Crippen LogP contribution < -0.4 is 20.1 Å². The lowest BCUT2D eigenvalue weighted by Gasteiger charge is -2.40. The van der Waals surface area contributed by atoms with E-state index in [0.717, 1.165) is 12.8 Å². The lowest BCUT2D eigenvalue weighted by Crippen LogP contribution is -2.61. The van der Waals surface area contributed by atoms with Gasteiger partial charge in [-0.05, 0) is 37.1 Å². The molecule has 1 aromatic rings. The van der Waals surface area contributed by atoms with Gasteiger partial charge in [-0.25, -0.2) is 13.7 Å². The van der Waals surface area contributed by atoms with E-state index in [0.29, 0.717) is 18.7 Å². The molecule has 1 heterocycles. The minimum atomic E-state index is -2.34. The van der Waals surface area contributed by atoms with Crippen LogP contribution in [0, 0.1) is 12.3 Å². The second-order valence-corrected chi connectivity index (χ2v) is 7.58. The van der Waals surface area contributed by atoms with Gasteiger partial charge in [-0.15, -0.1) is 12.3 Å². The molecule has 31 heavy (non-hydrogen) atoms. The molecule has 1 aliphatic rings. The highest BCUT2D eigenvalue weighted by Gasteiger charge is 2.44. The largest absolute Gasteiger partial charge is 0.462 e. The van der Waals surface area contributed by atoms with Gasteiger partial charge in [-0.2, -0.15) is 0 Å². The molecule has 0 saturated carbocycles. The maximum Gasteiger partial charge on any atom is 0.319 e. The van der Waals surface area contributed by atoms with Gasteiger partial charge in [-0.3, -0.25) is 4.55 Å². The molecule has 1 aliphatic heterocycles. The number of aliphatic hydroxyl groups is 3. The van der Waals surface area contributed by atoms with Gasteiger partial charge in [-0.1, -0.05) is 0 Å². The highest BCUT2D eigenvalue weighted by molar-refractivity contribution is 7.77. The molecule has 11 nitrogen and oxygen atoms in total. The molecule has 6 atom stereocenters. The highest BCUT2D eigenvalue weighted by atomic mass is 32.2. The summed E-state index contributed by atoms with van der Waals surface area (Å²) in [6.07, 6.45) is 0.401. The lowest BCUT2D eigenvalue weighted by atomic mass is 9.99. The van der Waals surface area contributed by atoms with Crippen molar-refractivity contribution in [1.29, 1.82) is 0 Å². The summed E-state index contributed by atoms with van der Waals surface area (Å²) in [6, 6.07) is 5.82. The summed E-state index contributed by atoms with van der Waals surface area (Å²) in [5, 5.41) is 35.4. The Hall–Kier alpha value is -2.24. The van der Waals surface area contributed by atoms with Crippen LogP contribution in [0.4, 0.5) is 10.5 Å². The minimum Gasteiger partial charge on any atom is -0.462 e. The van der Waals surface area contributed by atoms with Crippen molar-refractivity contribution in [1.82, 2.24) is 10.0 Å². The van der Waals surface area contributed by atoms with Crippen molar-refractivity contribution in [3.63, 3.8) is 0 Å². The van der Waals surface area contributed by atoms with Gasteiger partial charge in [0.2, 0.25) is 17.6 Å². The van der Waals surface area contributed by atoms with Crippen molar-refractivity contribution in [2.24, 2.45) is 0 Å². The molecule has 0 aliphatic carbocycles. The summed E-state index contributed by atoms with van der Waals surface area (Å²) < 4.78 is 32.7. The Bertz CT molecular complexity index is 772. The van der Waals surface area contributed by atoms with Crippen LogP contribution in [-0.4, -0.2) is 73.9 Å². The van der Waals surface area contributed by atoms with E-state index in [1.807, 2.05) is 0 Å². The van der Waals surface area contributed by atoms with Crippen LogP contribution in [0.3, 0.4) is 0 Å². The first kappa shape index (κ1) is 25.0. The van der Waals surface area contributed by atoms with Gasteiger partial charge < -0.3 is 35.4 Å². The number of unbranched alkanes of at least 4 members (excludes halogenated alkanes) is 2. The molecule has 172 valence electrons. The smallest absolute Gasteiger partial charge is 0.319 e. The summed E-state index contributed by atoms with van der Waals surface area (Å²) in [7, 11) is 0. The van der Waals surface area contributed by atoms with Crippen molar-refractivity contribution in [3.05, 3.63) is 24.3 Å². The summed E-state index contributed by atoms with van der Waals surface area (Å²) in [5.74, 6) is 2.80. The molecule has 1 aromatic carbocycles. The third kappa shape index (κ3) is 8.08. The molecular formula is C19H27N3O8S. The van der Waals surface area contributed by atoms with Crippen molar-refractivity contribution >= 4 is 23.0 Å². The van der Waals surface area contributed by atoms with E-state index < -0.39 is 42.0 Å². The number of amides is 2. The Labute approximate surface area is 182 Å². The summed E-state index contributed by atoms with van der Waals surface area (Å²) in [5.41, 5.74) is 0.501. The van der Waals surface area contributed by atoms with Gasteiger partial charge in [0, 0.05) is 25.2 Å². The number of terminal acetylenes is 1. The van der Waals surface area contributed by atoms with Crippen LogP contribution >= 0.6 is 0 Å². The molecule has 0 bridgehead atoms. The molecule has 7 N–H and O–H groups in total. The number of aliphatic hydroxyl groups excluding tert-OH is 3. The molecule has 0 aromatic heterocycles. The van der Waals surface area contributed by atoms with E-state index in [4.69, 9.17) is 20.4 Å². The first-order chi connectivity index (χ1) is 14.8. The second kappa shape index (κ2) is 12.6. The molecule has 2 rings (SSSR count). The average Bonchev–Trinajstić information content (AvgIpc) is 2.74. The summed E-state index contributed by atoms with van der Waals surface area (Å²) in [4.78, 5) is 11.9. The normalized spacial score (nSPS) is 26.5. The fraction of sp³-hybridized carbons (Fsp3) is 0.526. The Kier molecular flexibility index (Phi) is 10.2. The molecule has 0 spiro atoms. The third-order valence-corrected chi connectivity index (χ3v) is 4.89. The molecule has 1 fully saturated rings. The van der Waals surface area contributed by atoms with Gasteiger partial charge in [0.25, 0.3) is 0 Å². The predicted octanol–water partition coefficient (Wildman–Crippen LogP) is -0.476. The van der Waals surface area contributed by atoms with Crippen LogP contribution in [-0.2, 0) is 16.0 Å². The topological polar surface area (TPSA) is 170 Å². The van der Waals surface area contributed by atoms with E-state index in [1.54, 1.807) is 12.1 Å². The van der Waals surface area contributed by atoms with Crippen molar-refractivity contribution < 1.29 is 38.3 Å². The third-order valence-electron chi connectivity index (χ3n) is 4.47. The van der Waals surface area contributed by atoms with Crippen LogP contribution in [0.1, 0.15) is 19.3 Å². The zero-order valence-corrected chi connectivity index (χ0v) is 17.5. The van der Waals surface area contributed by atoms with Crippen LogP contribution in [0.25, 0.3) is 0 Å². The molecule has 2 amide bonds. The van der Waals surface area contributed by atoms with E-state index in [1.165, 1.54) is 12.1 Å². The molecule has 12 heteroatoms. The predicted molar refractivity (Wildman–Crippen MR) is 112 cm³/mol. The number of anilines is 1. The molecule has 2 unspecified atom stereocenters. The molecular weight excluding hydrogens is 430 g/mol. The fourth-order valence-corrected chi connectivity index (χ4v) is 3.12. The Balaban J connectivity index is 1.87. The van der Waals surface area contributed by atoms with E-state index >= 15 is 0 Å². The van der Waals surface area contributed by atoms with Crippen LogP contribution in [0.5, 0.6) is 5.75 Å². The number of benzene rings is 1. The quantitative estimate of drug-likeness (QED) is 0.140. The number of nitrogens with one attached hydrogen (secondary N) is 3. The van der Waals surface area contributed by atoms with Crippen molar-refractivity contribution in [3.8, 4) is 18.1 Å². The maximum absolute atomic E-state index is 11.9. The average molecular weight is 458 g/mol. The maximum atomic E-state index is 11.9. The number of urea groups is 1. The van der Waals surface area contributed by atoms with Crippen molar-refractivity contribution in [2.75, 3.05) is 18.4 Å². The Morgan fingerprint density at radius 1 is 1.16 bits per heavy atom. The molecule has 1 saturated heterocycles. The zero-order chi connectivity index (χ0) is 22.8. The number of carbonyl (C=O) groups excluding carboxylic acids is 1. The van der Waals surface area contributed by atoms with E-state index in [2.05, 4.69) is 21.3 Å². The fourth-order valence-electron chi connectivity index (χ4n) is 2.82. The highest BCUT2D eigenvalue weighted by Crippen LogP contribution is 2.25. The van der Waals surface area contributed by atoms with E-state index in [9.17, 15) is 24.3 Å². The van der Waals surface area contributed by atoms with Crippen LogP contribution in [0.15, 0.2) is 24.3 Å². The number of ether oxygens (including phenoxy) is 2. The SMILES string of the molecule is C#CCCCCNC(=O)Nc1ccc(OC2O[C@H](CNS(=O)O)[C@@H](O)[C@H](O)[C@@H]2O)cc1. The van der Waals surface area contributed by atoms with Gasteiger partial charge in [0.15, 0.2) is 0 Å². The van der Waals surface area contributed by atoms with Gasteiger partial charge in [0.1, 0.15) is 30.2 Å². The zero-order valence-electron chi connectivity index (χ0n) is 16.6. The summed E-state index contributed by atoms with van der Waals surface area (Å²) in [6.45, 7) is 0.244.